The SMILES string of the molecule is Cc1nc(N2CCN(CCO)CC2)cc(N(C)c2ncc(C(=O)Nc3c(C)cccc3Cl)s2)n1. The number of aliphatic hydroxyl groups is 1. The van der Waals surface area contributed by atoms with Crippen molar-refractivity contribution in [2.24, 2.45) is 0 Å². The van der Waals surface area contributed by atoms with E-state index in [1.165, 1.54) is 11.3 Å². The number of β-amino-alcohol motifs (C(OH)–C–C–N with tert-alkyl or cyclic N) is 1. The normalized spacial score (nSPS) is 14.3. The van der Waals surface area contributed by atoms with Gasteiger partial charge in [-0.2, -0.15) is 0 Å². The van der Waals surface area contributed by atoms with Gasteiger partial charge in [-0.3, -0.25) is 9.69 Å². The number of halogens is 1. The summed E-state index contributed by atoms with van der Waals surface area (Å²) in [5.41, 5.74) is 1.50. The molecule has 1 fully saturated rings. The fourth-order valence-corrected chi connectivity index (χ4v) is 4.85. The molecule has 0 aliphatic carbocycles. The number of aliphatic hydroxyl groups excluding tert-OH is 1. The third kappa shape index (κ3) is 5.47. The van der Waals surface area contributed by atoms with Crippen molar-refractivity contribution < 1.29 is 9.90 Å². The number of aryl methyl sites for hydroxylation is 2. The number of piperazine rings is 1. The molecule has 4 rings (SSSR count). The number of aromatic nitrogens is 3. The first-order chi connectivity index (χ1) is 16.4. The number of amides is 1. The van der Waals surface area contributed by atoms with Crippen molar-refractivity contribution in [2.75, 3.05) is 61.5 Å². The second kappa shape index (κ2) is 10.6. The number of benzene rings is 1. The first-order valence-corrected chi connectivity index (χ1v) is 12.2. The highest BCUT2D eigenvalue weighted by Gasteiger charge is 2.21. The van der Waals surface area contributed by atoms with Crippen LogP contribution in [0.25, 0.3) is 0 Å². The third-order valence-corrected chi connectivity index (χ3v) is 7.12. The molecule has 1 amide bonds. The molecular weight excluding hydrogens is 474 g/mol. The van der Waals surface area contributed by atoms with Crippen LogP contribution in [0.5, 0.6) is 0 Å². The van der Waals surface area contributed by atoms with Crippen LogP contribution < -0.4 is 15.1 Å². The fraction of sp³-hybridized carbons (Fsp3) is 0.391. The van der Waals surface area contributed by atoms with Gasteiger partial charge in [0.1, 0.15) is 22.3 Å². The predicted octanol–water partition coefficient (Wildman–Crippen LogP) is 3.34. The van der Waals surface area contributed by atoms with Crippen molar-refractivity contribution in [3.05, 3.63) is 51.7 Å². The molecule has 2 aromatic heterocycles. The van der Waals surface area contributed by atoms with Gasteiger partial charge in [0.15, 0.2) is 5.13 Å². The molecule has 0 atom stereocenters. The van der Waals surface area contributed by atoms with Crippen molar-refractivity contribution in [2.45, 2.75) is 13.8 Å². The maximum atomic E-state index is 12.8. The number of rotatable bonds is 7. The molecule has 2 N–H and O–H groups in total. The van der Waals surface area contributed by atoms with Gasteiger partial charge in [0.05, 0.1) is 23.5 Å². The van der Waals surface area contributed by atoms with Crippen LogP contribution in [0.1, 0.15) is 21.1 Å². The van der Waals surface area contributed by atoms with Crippen LogP contribution in [0, 0.1) is 13.8 Å². The zero-order chi connectivity index (χ0) is 24.2. The molecule has 0 spiro atoms. The van der Waals surface area contributed by atoms with E-state index in [1.807, 2.05) is 44.0 Å². The molecule has 1 saturated heterocycles. The van der Waals surface area contributed by atoms with Crippen molar-refractivity contribution in [3.8, 4) is 0 Å². The Morgan fingerprint density at radius 2 is 2.00 bits per heavy atom. The first-order valence-electron chi connectivity index (χ1n) is 11.1. The molecule has 1 aliphatic rings. The van der Waals surface area contributed by atoms with Gasteiger partial charge in [0.25, 0.3) is 5.91 Å². The van der Waals surface area contributed by atoms with E-state index < -0.39 is 0 Å². The van der Waals surface area contributed by atoms with Gasteiger partial charge in [0.2, 0.25) is 0 Å². The number of para-hydroxylation sites is 1. The average molecular weight is 502 g/mol. The lowest BCUT2D eigenvalue weighted by Gasteiger charge is -2.35. The minimum Gasteiger partial charge on any atom is -0.395 e. The highest BCUT2D eigenvalue weighted by atomic mass is 35.5. The van der Waals surface area contributed by atoms with Gasteiger partial charge in [-0.1, -0.05) is 35.1 Å². The van der Waals surface area contributed by atoms with Crippen LogP contribution in [0.4, 0.5) is 22.5 Å². The summed E-state index contributed by atoms with van der Waals surface area (Å²) in [7, 11) is 1.88. The predicted molar refractivity (Wildman–Crippen MR) is 137 cm³/mol. The van der Waals surface area contributed by atoms with E-state index in [0.29, 0.717) is 38.9 Å². The maximum absolute atomic E-state index is 12.8. The van der Waals surface area contributed by atoms with Crippen LogP contribution in [-0.2, 0) is 0 Å². The molecular formula is C23H28ClN7O2S. The molecule has 9 nitrogen and oxygen atoms in total. The van der Waals surface area contributed by atoms with E-state index in [0.717, 1.165) is 37.6 Å². The van der Waals surface area contributed by atoms with Gasteiger partial charge in [-0.25, -0.2) is 15.0 Å². The van der Waals surface area contributed by atoms with Crippen LogP contribution in [0.15, 0.2) is 30.5 Å². The zero-order valence-electron chi connectivity index (χ0n) is 19.5. The number of thiazole rings is 1. The van der Waals surface area contributed by atoms with Crippen molar-refractivity contribution in [3.63, 3.8) is 0 Å². The summed E-state index contributed by atoms with van der Waals surface area (Å²) in [6.45, 7) is 8.07. The Labute approximate surface area is 208 Å². The Hall–Kier alpha value is -2.79. The lowest BCUT2D eigenvalue weighted by Crippen LogP contribution is -2.47. The van der Waals surface area contributed by atoms with Crippen molar-refractivity contribution >= 4 is 51.3 Å². The van der Waals surface area contributed by atoms with E-state index >= 15 is 0 Å². The summed E-state index contributed by atoms with van der Waals surface area (Å²) in [6.07, 6.45) is 1.56. The minimum atomic E-state index is -0.256. The summed E-state index contributed by atoms with van der Waals surface area (Å²) >= 11 is 7.53. The molecule has 1 aromatic carbocycles. The van der Waals surface area contributed by atoms with Crippen LogP contribution in [-0.4, -0.2) is 77.2 Å². The number of carbonyl (C=O) groups excluding carboxylic acids is 1. The summed E-state index contributed by atoms with van der Waals surface area (Å²) in [5, 5.41) is 13.2. The molecule has 0 unspecified atom stereocenters. The Bertz CT molecular complexity index is 1140. The number of carbonyl (C=O) groups is 1. The minimum absolute atomic E-state index is 0.174. The summed E-state index contributed by atoms with van der Waals surface area (Å²) < 4.78 is 0. The topological polar surface area (TPSA) is 97.7 Å². The van der Waals surface area contributed by atoms with Gasteiger partial charge < -0.3 is 20.2 Å². The molecule has 3 heterocycles. The monoisotopic (exact) mass is 501 g/mol. The zero-order valence-corrected chi connectivity index (χ0v) is 21.0. The molecule has 0 radical (unpaired) electrons. The lowest BCUT2D eigenvalue weighted by molar-refractivity contribution is 0.103. The number of hydrogen-bond acceptors (Lipinski definition) is 9. The number of anilines is 4. The molecule has 3 aromatic rings. The second-order valence-corrected chi connectivity index (χ2v) is 9.55. The second-order valence-electron chi connectivity index (χ2n) is 8.14. The van der Waals surface area contributed by atoms with E-state index in [4.69, 9.17) is 16.7 Å². The summed E-state index contributed by atoms with van der Waals surface area (Å²) in [4.78, 5) is 33.3. The third-order valence-electron chi connectivity index (χ3n) is 5.73. The van der Waals surface area contributed by atoms with E-state index in [9.17, 15) is 4.79 Å². The van der Waals surface area contributed by atoms with Crippen LogP contribution in [0.3, 0.4) is 0 Å². The van der Waals surface area contributed by atoms with Gasteiger partial charge in [0, 0.05) is 45.8 Å². The van der Waals surface area contributed by atoms with Crippen LogP contribution in [0.2, 0.25) is 5.02 Å². The highest BCUT2D eigenvalue weighted by Crippen LogP contribution is 2.31. The number of hydrogen-bond donors (Lipinski definition) is 2. The van der Waals surface area contributed by atoms with E-state index in [1.54, 1.807) is 12.3 Å². The summed E-state index contributed by atoms with van der Waals surface area (Å²) in [6, 6.07) is 7.44. The van der Waals surface area contributed by atoms with Gasteiger partial charge in [-0.15, -0.1) is 0 Å². The Balaban J connectivity index is 1.48. The molecule has 34 heavy (non-hydrogen) atoms. The largest absolute Gasteiger partial charge is 0.395 e. The number of nitrogens with one attached hydrogen (secondary N) is 1. The van der Waals surface area contributed by atoms with E-state index in [-0.39, 0.29) is 12.5 Å². The van der Waals surface area contributed by atoms with Crippen molar-refractivity contribution in [1.82, 2.24) is 19.9 Å². The maximum Gasteiger partial charge on any atom is 0.267 e. The number of nitrogens with zero attached hydrogens (tertiary/aromatic N) is 6. The standard InChI is InChI=1S/C23H28ClN7O2S/c1-15-5-4-6-17(24)21(15)28-22(33)18-14-25-23(34-18)29(3)19-13-20(27-16(2)26-19)31-9-7-30(8-10-31)11-12-32/h4-6,13-14,32H,7-12H2,1-3H3,(H,28,33). The van der Waals surface area contributed by atoms with Gasteiger partial charge >= 0.3 is 0 Å². The molecule has 1 aliphatic heterocycles. The molecule has 11 heteroatoms. The van der Waals surface area contributed by atoms with E-state index in [2.05, 4.69) is 30.1 Å². The van der Waals surface area contributed by atoms with Crippen LogP contribution >= 0.6 is 22.9 Å². The Kier molecular flexibility index (Phi) is 7.62. The summed E-state index contributed by atoms with van der Waals surface area (Å²) in [5.74, 6) is 1.99. The fourth-order valence-electron chi connectivity index (χ4n) is 3.80. The molecule has 0 saturated carbocycles. The molecule has 0 bridgehead atoms. The van der Waals surface area contributed by atoms with Gasteiger partial charge in [-0.05, 0) is 25.5 Å². The van der Waals surface area contributed by atoms with Crippen molar-refractivity contribution in [1.29, 1.82) is 0 Å². The lowest BCUT2D eigenvalue weighted by atomic mass is 10.2. The Morgan fingerprint density at radius 1 is 1.24 bits per heavy atom. The highest BCUT2D eigenvalue weighted by molar-refractivity contribution is 7.17. The average Bonchev–Trinajstić information content (AvgIpc) is 3.32. The Morgan fingerprint density at radius 3 is 2.71 bits per heavy atom. The smallest absolute Gasteiger partial charge is 0.267 e. The quantitative estimate of drug-likeness (QED) is 0.508. The molecule has 180 valence electrons. The first kappa shape index (κ1) is 24.3.